The van der Waals surface area contributed by atoms with Crippen molar-refractivity contribution in [2.24, 2.45) is 10.2 Å². The fourth-order valence-electron chi connectivity index (χ4n) is 2.65. The third kappa shape index (κ3) is 4.92. The van der Waals surface area contributed by atoms with Crippen molar-refractivity contribution in [1.29, 1.82) is 0 Å². The van der Waals surface area contributed by atoms with E-state index in [4.69, 9.17) is 4.55 Å². The predicted octanol–water partition coefficient (Wildman–Crippen LogP) is 3.22. The topological polar surface area (TPSA) is 149 Å². The minimum absolute atomic E-state index is 0. The van der Waals surface area contributed by atoms with Crippen LogP contribution in [-0.2, 0) is 14.9 Å². The molecule has 3 rings (SSSR count). The van der Waals surface area contributed by atoms with Crippen LogP contribution >= 0.6 is 0 Å². The van der Waals surface area contributed by atoms with Gasteiger partial charge in [-0.1, -0.05) is 24.3 Å². The van der Waals surface area contributed by atoms with Gasteiger partial charge in [-0.25, -0.2) is 0 Å². The Morgan fingerprint density at radius 2 is 1.69 bits per heavy atom. The van der Waals surface area contributed by atoms with Crippen molar-refractivity contribution in [1.82, 2.24) is 0 Å². The number of hydrogen-bond acceptors (Lipinski definition) is 7. The number of carbonyl (C=O) groups is 1. The molecule has 0 radical (unpaired) electrons. The zero-order valence-corrected chi connectivity index (χ0v) is 15.3. The predicted molar refractivity (Wildman–Crippen MR) is 109 cm³/mol. The van der Waals surface area contributed by atoms with E-state index in [9.17, 15) is 23.4 Å². The number of rotatable bonds is 4. The first-order chi connectivity index (χ1) is 13.2. The molecule has 0 aliphatic rings. The summed E-state index contributed by atoms with van der Waals surface area (Å²) >= 11 is 0. The Morgan fingerprint density at radius 1 is 1.00 bits per heavy atom. The fraction of sp³-hybridized carbons (Fsp3) is 0.0556. The molecule has 0 aliphatic heterocycles. The summed E-state index contributed by atoms with van der Waals surface area (Å²) in [5.74, 6) is -1.34. The van der Waals surface area contributed by atoms with E-state index in [1.54, 1.807) is 24.3 Å². The van der Waals surface area contributed by atoms with E-state index in [-0.39, 0.29) is 52.6 Å². The average molecular weight is 425 g/mol. The van der Waals surface area contributed by atoms with Gasteiger partial charge in [-0.15, -0.1) is 10.2 Å². The molecule has 0 unspecified atom stereocenters. The van der Waals surface area contributed by atoms with Gasteiger partial charge in [0.1, 0.15) is 22.0 Å². The number of anilines is 1. The number of phenolic OH excluding ortho intramolecular Hbond substituents is 2. The van der Waals surface area contributed by atoms with Crippen LogP contribution in [0, 0.1) is 0 Å². The van der Waals surface area contributed by atoms with E-state index in [0.717, 1.165) is 6.07 Å². The summed E-state index contributed by atoms with van der Waals surface area (Å²) in [6.07, 6.45) is 0. The number of amides is 1. The van der Waals surface area contributed by atoms with Gasteiger partial charge in [-0.05, 0) is 29.7 Å². The molecule has 29 heavy (non-hydrogen) atoms. The molecule has 0 atom stereocenters. The standard InChI is InChI=1S/C18H15N3O6S.Na.H/c1-10(22)19-12-5-2-4-11-8-9-14(23)17(16(11)12)21-20-13-6-3-7-15(18(13)24)28(25,26)27;;/h2-9,23-24H,1H3,(H,19,22)(H,25,26,27);;. The molecule has 9 nitrogen and oxygen atoms in total. The summed E-state index contributed by atoms with van der Waals surface area (Å²) in [4.78, 5) is 10.7. The first-order valence-electron chi connectivity index (χ1n) is 7.92. The molecule has 0 aromatic heterocycles. The Morgan fingerprint density at radius 3 is 2.34 bits per heavy atom. The number of para-hydroxylation sites is 1. The van der Waals surface area contributed by atoms with E-state index >= 15 is 0 Å². The van der Waals surface area contributed by atoms with Crippen LogP contribution in [0.2, 0.25) is 0 Å². The quantitative estimate of drug-likeness (QED) is 0.286. The first kappa shape index (κ1) is 22.8. The third-order valence-corrected chi connectivity index (χ3v) is 4.71. The van der Waals surface area contributed by atoms with Crippen molar-refractivity contribution >= 4 is 73.4 Å². The Labute approximate surface area is 188 Å². The Bertz CT molecular complexity index is 1230. The molecule has 3 aromatic rings. The second-order valence-corrected chi connectivity index (χ2v) is 7.21. The number of aromatic hydroxyl groups is 2. The zero-order chi connectivity index (χ0) is 20.5. The van der Waals surface area contributed by atoms with Gasteiger partial charge < -0.3 is 15.5 Å². The summed E-state index contributed by atoms with van der Waals surface area (Å²) in [5, 5.41) is 31.7. The average Bonchev–Trinajstić information content (AvgIpc) is 2.61. The fourth-order valence-corrected chi connectivity index (χ4v) is 3.25. The van der Waals surface area contributed by atoms with E-state index in [0.29, 0.717) is 16.5 Å². The molecule has 0 aliphatic carbocycles. The minimum atomic E-state index is -4.65. The van der Waals surface area contributed by atoms with Crippen molar-refractivity contribution in [3.8, 4) is 11.5 Å². The van der Waals surface area contributed by atoms with Crippen LogP contribution in [0.4, 0.5) is 17.1 Å². The molecule has 11 heteroatoms. The van der Waals surface area contributed by atoms with Crippen molar-refractivity contribution in [2.75, 3.05) is 5.32 Å². The van der Waals surface area contributed by atoms with Gasteiger partial charge in [0.25, 0.3) is 10.1 Å². The number of phenols is 2. The van der Waals surface area contributed by atoms with Crippen LogP contribution < -0.4 is 5.32 Å². The molecule has 3 aromatic carbocycles. The van der Waals surface area contributed by atoms with Gasteiger partial charge in [0.05, 0.1) is 5.69 Å². The molecule has 146 valence electrons. The van der Waals surface area contributed by atoms with Gasteiger partial charge in [-0.3, -0.25) is 9.35 Å². The van der Waals surface area contributed by atoms with Crippen LogP contribution in [-0.4, -0.2) is 58.6 Å². The van der Waals surface area contributed by atoms with Crippen LogP contribution in [0.15, 0.2) is 63.7 Å². The SMILES string of the molecule is CC(=O)Nc1cccc2ccc(O)c(N=Nc3cccc(S(=O)(=O)O)c3O)c12.[NaH]. The molecule has 1 amide bonds. The monoisotopic (exact) mass is 425 g/mol. The normalized spacial score (nSPS) is 11.4. The van der Waals surface area contributed by atoms with E-state index in [1.165, 1.54) is 25.1 Å². The number of carbonyl (C=O) groups excluding carboxylic acids is 1. The van der Waals surface area contributed by atoms with E-state index in [2.05, 4.69) is 15.5 Å². The van der Waals surface area contributed by atoms with Crippen molar-refractivity contribution in [2.45, 2.75) is 11.8 Å². The van der Waals surface area contributed by atoms with Gasteiger partial charge in [0, 0.05) is 12.3 Å². The Hall–Kier alpha value is -2.50. The number of fused-ring (bicyclic) bond motifs is 1. The molecule has 4 N–H and O–H groups in total. The molecule has 0 heterocycles. The van der Waals surface area contributed by atoms with Crippen LogP contribution in [0.5, 0.6) is 11.5 Å². The molecule has 0 spiro atoms. The maximum absolute atomic E-state index is 11.5. The Kier molecular flexibility index (Phi) is 6.98. The van der Waals surface area contributed by atoms with Gasteiger partial charge in [0.15, 0.2) is 5.75 Å². The molecule has 0 saturated carbocycles. The Balaban J connectivity index is 0.00000300. The molecular weight excluding hydrogens is 409 g/mol. The van der Waals surface area contributed by atoms with E-state index < -0.39 is 20.8 Å². The number of benzene rings is 3. The second kappa shape index (κ2) is 8.89. The summed E-state index contributed by atoms with van der Waals surface area (Å²) in [7, 11) is -4.65. The van der Waals surface area contributed by atoms with Crippen LogP contribution in [0.1, 0.15) is 6.92 Å². The summed E-state index contributed by atoms with van der Waals surface area (Å²) in [6.45, 7) is 1.34. The van der Waals surface area contributed by atoms with Crippen LogP contribution in [0.25, 0.3) is 10.8 Å². The van der Waals surface area contributed by atoms with Crippen molar-refractivity contribution in [3.05, 3.63) is 48.5 Å². The summed E-state index contributed by atoms with van der Waals surface area (Å²) in [6, 6.07) is 11.7. The van der Waals surface area contributed by atoms with Crippen molar-refractivity contribution in [3.63, 3.8) is 0 Å². The first-order valence-corrected chi connectivity index (χ1v) is 9.36. The molecule has 0 fully saturated rings. The number of nitrogens with zero attached hydrogens (tertiary/aromatic N) is 2. The summed E-state index contributed by atoms with van der Waals surface area (Å²) in [5.41, 5.74) is 0.174. The summed E-state index contributed by atoms with van der Waals surface area (Å²) < 4.78 is 31.7. The maximum atomic E-state index is 11.5. The van der Waals surface area contributed by atoms with Gasteiger partial charge >= 0.3 is 29.6 Å². The third-order valence-electron chi connectivity index (χ3n) is 3.82. The molecule has 0 saturated heterocycles. The zero-order valence-electron chi connectivity index (χ0n) is 14.5. The molecular formula is C18H16N3NaO6S. The number of azo groups is 1. The van der Waals surface area contributed by atoms with Crippen LogP contribution in [0.3, 0.4) is 0 Å². The number of hydrogen-bond donors (Lipinski definition) is 4. The second-order valence-electron chi connectivity index (χ2n) is 5.82. The van der Waals surface area contributed by atoms with Crippen molar-refractivity contribution < 1.29 is 28.0 Å². The molecule has 0 bridgehead atoms. The van der Waals surface area contributed by atoms with Gasteiger partial charge in [0.2, 0.25) is 5.91 Å². The van der Waals surface area contributed by atoms with Gasteiger partial charge in [-0.2, -0.15) is 8.42 Å². The number of nitrogens with one attached hydrogen (secondary N) is 1. The van der Waals surface area contributed by atoms with E-state index in [1.807, 2.05) is 0 Å².